The molecule has 6 nitrogen and oxygen atoms in total. The highest BCUT2D eigenvalue weighted by Gasteiger charge is 2.33. The van der Waals surface area contributed by atoms with Crippen molar-refractivity contribution in [1.82, 2.24) is 24.7 Å². The van der Waals surface area contributed by atoms with Crippen LogP contribution < -0.4 is 4.74 Å². The highest BCUT2D eigenvalue weighted by molar-refractivity contribution is 5.85. The van der Waals surface area contributed by atoms with Crippen LogP contribution in [0.3, 0.4) is 0 Å². The highest BCUT2D eigenvalue weighted by atomic mass is 19.4. The Balaban J connectivity index is 2.03. The van der Waals surface area contributed by atoms with Gasteiger partial charge < -0.3 is 4.74 Å². The zero-order chi connectivity index (χ0) is 17.8. The molecule has 0 spiro atoms. The zero-order valence-corrected chi connectivity index (χ0v) is 13.2. The van der Waals surface area contributed by atoms with Gasteiger partial charge in [0.1, 0.15) is 11.2 Å². The van der Waals surface area contributed by atoms with Gasteiger partial charge in [0.2, 0.25) is 0 Å². The number of hydrogen-bond acceptors (Lipinski definition) is 4. The molecule has 0 aliphatic carbocycles. The van der Waals surface area contributed by atoms with E-state index in [9.17, 15) is 13.2 Å². The van der Waals surface area contributed by atoms with Crippen molar-refractivity contribution in [1.29, 1.82) is 0 Å². The number of nitrogens with one attached hydrogen (secondary N) is 1. The molecule has 0 aliphatic rings. The molecular formula is C16H12F3N5O. The van der Waals surface area contributed by atoms with Crippen LogP contribution in [0.5, 0.6) is 6.01 Å². The molecule has 3 heterocycles. The van der Waals surface area contributed by atoms with E-state index < -0.39 is 11.9 Å². The average Bonchev–Trinajstić information content (AvgIpc) is 3.16. The summed E-state index contributed by atoms with van der Waals surface area (Å²) in [5, 5.41) is 7.70. The van der Waals surface area contributed by atoms with Crippen molar-refractivity contribution in [2.24, 2.45) is 0 Å². The Morgan fingerprint density at radius 2 is 1.96 bits per heavy atom. The minimum atomic E-state index is -4.54. The molecule has 0 aliphatic heterocycles. The number of rotatable bonds is 2. The Kier molecular flexibility index (Phi) is 3.21. The maximum atomic E-state index is 13.0. The van der Waals surface area contributed by atoms with Crippen molar-refractivity contribution in [3.05, 3.63) is 41.7 Å². The molecule has 4 aromatic rings. The molecule has 0 saturated carbocycles. The number of pyridine rings is 1. The first-order chi connectivity index (χ1) is 11.9. The third-order valence-corrected chi connectivity index (χ3v) is 3.94. The molecule has 0 atom stereocenters. The fourth-order valence-corrected chi connectivity index (χ4v) is 2.81. The molecule has 0 fully saturated rings. The summed E-state index contributed by atoms with van der Waals surface area (Å²) in [5.74, 6) is 0. The fourth-order valence-electron chi connectivity index (χ4n) is 2.81. The quantitative estimate of drug-likeness (QED) is 0.601. The van der Waals surface area contributed by atoms with Crippen LogP contribution in [0.1, 0.15) is 11.3 Å². The lowest BCUT2D eigenvalue weighted by molar-refractivity contribution is -0.141. The lowest BCUT2D eigenvalue weighted by Gasteiger charge is -2.10. The summed E-state index contributed by atoms with van der Waals surface area (Å²) in [6, 6.07) is 5.95. The van der Waals surface area contributed by atoms with E-state index in [1.807, 2.05) is 13.0 Å². The lowest BCUT2D eigenvalue weighted by Crippen LogP contribution is -2.09. The van der Waals surface area contributed by atoms with E-state index in [0.29, 0.717) is 11.2 Å². The number of benzene rings is 1. The number of aromatic nitrogens is 5. The number of H-pyrrole nitrogens is 1. The first-order valence-electron chi connectivity index (χ1n) is 7.33. The number of imidazole rings is 1. The second kappa shape index (κ2) is 5.20. The molecule has 0 amide bonds. The molecule has 1 N–H and O–H groups in total. The normalized spacial score (nSPS) is 12.2. The Morgan fingerprint density at radius 1 is 1.16 bits per heavy atom. The molecule has 128 valence electrons. The number of aryl methyl sites for hydroxylation is 1. The van der Waals surface area contributed by atoms with Crippen LogP contribution in [0.2, 0.25) is 0 Å². The van der Waals surface area contributed by atoms with E-state index in [1.165, 1.54) is 17.7 Å². The third kappa shape index (κ3) is 2.39. The minimum absolute atomic E-state index is 0.0777. The van der Waals surface area contributed by atoms with Crippen LogP contribution in [0.15, 0.2) is 30.5 Å². The Morgan fingerprint density at radius 3 is 2.68 bits per heavy atom. The zero-order valence-electron chi connectivity index (χ0n) is 13.2. The van der Waals surface area contributed by atoms with E-state index in [-0.39, 0.29) is 11.7 Å². The predicted molar refractivity (Wildman–Crippen MR) is 84.8 cm³/mol. The first kappa shape index (κ1) is 15.4. The fraction of sp³-hybridized carbons (Fsp3) is 0.188. The van der Waals surface area contributed by atoms with Crippen molar-refractivity contribution in [3.8, 4) is 11.7 Å². The number of aromatic amines is 1. The van der Waals surface area contributed by atoms with Crippen molar-refractivity contribution in [3.63, 3.8) is 0 Å². The second-order valence-electron chi connectivity index (χ2n) is 5.57. The van der Waals surface area contributed by atoms with E-state index in [4.69, 9.17) is 4.74 Å². The standard InChI is InChI=1S/C16H12F3N5O/c1-8-5-10(6-9-7-20-23-13(8)9)24-14-11(21-15(24)25-2)3-4-12(22-14)16(17,18)19/h3-7H,1-2H3,(H,20,23). The number of methoxy groups -OCH3 is 1. The number of halogens is 3. The van der Waals surface area contributed by atoms with Gasteiger partial charge in [-0.15, -0.1) is 0 Å². The molecule has 25 heavy (non-hydrogen) atoms. The molecule has 1 aromatic carbocycles. The Bertz CT molecular complexity index is 1100. The van der Waals surface area contributed by atoms with Crippen LogP contribution in [0.4, 0.5) is 13.2 Å². The maximum Gasteiger partial charge on any atom is 0.433 e. The van der Waals surface area contributed by atoms with Gasteiger partial charge in [0, 0.05) is 5.39 Å². The Hall–Kier alpha value is -3.10. The second-order valence-corrected chi connectivity index (χ2v) is 5.57. The number of ether oxygens (including phenoxy) is 1. The highest BCUT2D eigenvalue weighted by Crippen LogP contribution is 2.32. The molecule has 4 rings (SSSR count). The van der Waals surface area contributed by atoms with Gasteiger partial charge in [0.15, 0.2) is 5.65 Å². The number of alkyl halides is 3. The summed E-state index contributed by atoms with van der Waals surface area (Å²) in [5.41, 5.74) is 1.75. The first-order valence-corrected chi connectivity index (χ1v) is 7.33. The number of fused-ring (bicyclic) bond motifs is 2. The van der Waals surface area contributed by atoms with Gasteiger partial charge in [-0.1, -0.05) is 0 Å². The van der Waals surface area contributed by atoms with E-state index >= 15 is 0 Å². The van der Waals surface area contributed by atoms with Gasteiger partial charge in [0.05, 0.1) is 24.5 Å². The smallest absolute Gasteiger partial charge is 0.433 e. The molecular weight excluding hydrogens is 335 g/mol. The minimum Gasteiger partial charge on any atom is -0.468 e. The van der Waals surface area contributed by atoms with Crippen LogP contribution in [-0.4, -0.2) is 31.8 Å². The summed E-state index contributed by atoms with van der Waals surface area (Å²) in [6.07, 6.45) is -2.90. The van der Waals surface area contributed by atoms with Crippen molar-refractivity contribution < 1.29 is 17.9 Å². The van der Waals surface area contributed by atoms with Gasteiger partial charge in [-0.25, -0.2) is 9.55 Å². The monoisotopic (exact) mass is 347 g/mol. The molecule has 0 saturated heterocycles. The van der Waals surface area contributed by atoms with E-state index in [1.54, 1.807) is 12.3 Å². The molecule has 3 aromatic heterocycles. The van der Waals surface area contributed by atoms with Crippen molar-refractivity contribution in [2.75, 3.05) is 7.11 Å². The van der Waals surface area contributed by atoms with Gasteiger partial charge in [-0.2, -0.15) is 23.3 Å². The van der Waals surface area contributed by atoms with Crippen LogP contribution in [-0.2, 0) is 6.18 Å². The summed E-state index contributed by atoms with van der Waals surface area (Å²) >= 11 is 0. The average molecular weight is 347 g/mol. The number of nitrogens with zero attached hydrogens (tertiary/aromatic N) is 4. The van der Waals surface area contributed by atoms with Gasteiger partial charge in [0.25, 0.3) is 0 Å². The number of hydrogen-bond donors (Lipinski definition) is 1. The van der Waals surface area contributed by atoms with Crippen molar-refractivity contribution in [2.45, 2.75) is 13.1 Å². The SMILES string of the molecule is COc1nc2ccc(C(F)(F)F)nc2n1-c1cc(C)c2[nH]ncc2c1. The molecule has 9 heteroatoms. The van der Waals surface area contributed by atoms with Crippen LogP contribution >= 0.6 is 0 Å². The molecule has 0 unspecified atom stereocenters. The van der Waals surface area contributed by atoms with Gasteiger partial charge in [-0.3, -0.25) is 5.10 Å². The lowest BCUT2D eigenvalue weighted by atomic mass is 10.1. The molecule has 0 bridgehead atoms. The summed E-state index contributed by atoms with van der Waals surface area (Å²) in [7, 11) is 1.41. The summed E-state index contributed by atoms with van der Waals surface area (Å²) < 4.78 is 45.8. The predicted octanol–water partition coefficient (Wildman–Crippen LogP) is 3.63. The molecule has 0 radical (unpaired) electrons. The van der Waals surface area contributed by atoms with E-state index in [2.05, 4.69) is 20.2 Å². The van der Waals surface area contributed by atoms with Gasteiger partial charge in [-0.05, 0) is 36.8 Å². The maximum absolute atomic E-state index is 13.0. The summed E-state index contributed by atoms with van der Waals surface area (Å²) in [6.45, 7) is 1.88. The largest absolute Gasteiger partial charge is 0.468 e. The Labute approximate surface area is 139 Å². The summed E-state index contributed by atoms with van der Waals surface area (Å²) in [4.78, 5) is 7.98. The topological polar surface area (TPSA) is 68.6 Å². The van der Waals surface area contributed by atoms with Crippen molar-refractivity contribution >= 4 is 22.1 Å². The third-order valence-electron chi connectivity index (χ3n) is 3.94. The van der Waals surface area contributed by atoms with Gasteiger partial charge >= 0.3 is 12.2 Å². The van der Waals surface area contributed by atoms with Crippen LogP contribution in [0, 0.1) is 6.92 Å². The van der Waals surface area contributed by atoms with E-state index in [0.717, 1.165) is 22.5 Å². The van der Waals surface area contributed by atoms with Crippen LogP contribution in [0.25, 0.3) is 27.8 Å².